The van der Waals surface area contributed by atoms with Gasteiger partial charge in [-0.25, -0.2) is 9.97 Å². The third-order valence-corrected chi connectivity index (χ3v) is 4.68. The molecule has 4 rings (SSSR count). The van der Waals surface area contributed by atoms with E-state index >= 15 is 0 Å². The van der Waals surface area contributed by atoms with Crippen LogP contribution in [0.2, 0.25) is 0 Å². The molecule has 1 aromatic carbocycles. The molecule has 0 radical (unpaired) electrons. The molecule has 0 bridgehead atoms. The Kier molecular flexibility index (Phi) is 4.60. The number of hydrogen-bond donors (Lipinski definition) is 0. The number of fused-ring (bicyclic) bond motifs is 1. The Hall–Kier alpha value is -3.19. The fourth-order valence-electron chi connectivity index (χ4n) is 3.35. The fourth-order valence-corrected chi connectivity index (χ4v) is 3.35. The highest BCUT2D eigenvalue weighted by Gasteiger charge is 2.18. The lowest BCUT2D eigenvalue weighted by atomic mass is 10.1. The number of nitrogens with zero attached hydrogens (tertiary/aromatic N) is 5. The first-order valence-electron chi connectivity index (χ1n) is 8.83. The second-order valence-corrected chi connectivity index (χ2v) is 6.67. The molecule has 0 unspecified atom stereocenters. The lowest BCUT2D eigenvalue weighted by molar-refractivity contribution is -0.384. The van der Waals surface area contributed by atoms with E-state index in [1.807, 2.05) is 37.4 Å². The molecule has 3 heterocycles. The quantitative estimate of drug-likeness (QED) is 0.523. The van der Waals surface area contributed by atoms with E-state index in [1.54, 1.807) is 12.1 Å². The van der Waals surface area contributed by atoms with Crippen LogP contribution in [0.5, 0.6) is 0 Å². The largest absolute Gasteiger partial charge is 0.293 e. The van der Waals surface area contributed by atoms with Gasteiger partial charge in [-0.15, -0.1) is 0 Å². The van der Waals surface area contributed by atoms with Crippen molar-refractivity contribution in [1.82, 2.24) is 19.9 Å². The maximum absolute atomic E-state index is 11.0. The Morgan fingerprint density at radius 1 is 1.19 bits per heavy atom. The Bertz CT molecular complexity index is 1010. The molecule has 0 saturated heterocycles. The Labute approximate surface area is 156 Å². The van der Waals surface area contributed by atoms with Crippen LogP contribution >= 0.6 is 0 Å². The molecule has 0 N–H and O–H groups in total. The van der Waals surface area contributed by atoms with Crippen LogP contribution in [0.25, 0.3) is 11.3 Å². The monoisotopic (exact) mass is 361 g/mol. The van der Waals surface area contributed by atoms with Crippen molar-refractivity contribution in [2.75, 3.05) is 6.54 Å². The van der Waals surface area contributed by atoms with Gasteiger partial charge in [0.05, 0.1) is 16.3 Å². The number of pyridine rings is 1. The van der Waals surface area contributed by atoms with Gasteiger partial charge in [0.15, 0.2) is 0 Å². The van der Waals surface area contributed by atoms with E-state index in [-0.39, 0.29) is 10.6 Å². The molecule has 7 heteroatoms. The van der Waals surface area contributed by atoms with Crippen molar-refractivity contribution in [2.45, 2.75) is 26.4 Å². The minimum Gasteiger partial charge on any atom is -0.293 e. The lowest BCUT2D eigenvalue weighted by Crippen LogP contribution is -2.31. The van der Waals surface area contributed by atoms with E-state index in [2.05, 4.69) is 14.9 Å². The molecule has 3 aromatic rings. The summed E-state index contributed by atoms with van der Waals surface area (Å²) in [4.78, 5) is 26.5. The van der Waals surface area contributed by atoms with E-state index in [1.165, 1.54) is 11.6 Å². The zero-order chi connectivity index (χ0) is 18.8. The summed E-state index contributed by atoms with van der Waals surface area (Å²) in [5, 5.41) is 11.0. The molecule has 0 atom stereocenters. The average molecular weight is 361 g/mol. The van der Waals surface area contributed by atoms with Gasteiger partial charge in [-0.1, -0.05) is 18.2 Å². The van der Waals surface area contributed by atoms with Crippen LogP contribution in [-0.2, 0) is 19.5 Å². The maximum atomic E-state index is 11.0. The average Bonchev–Trinajstić information content (AvgIpc) is 2.68. The zero-order valence-corrected chi connectivity index (χ0v) is 15.0. The lowest BCUT2D eigenvalue weighted by Gasteiger charge is -2.27. The molecular weight excluding hydrogens is 342 g/mol. The highest BCUT2D eigenvalue weighted by Crippen LogP contribution is 2.23. The summed E-state index contributed by atoms with van der Waals surface area (Å²) in [5.41, 5.74) is 4.81. The molecular formula is C20H19N5O2. The van der Waals surface area contributed by atoms with Gasteiger partial charge in [0.1, 0.15) is 5.82 Å². The van der Waals surface area contributed by atoms with Gasteiger partial charge in [0, 0.05) is 61.2 Å². The number of aryl methyl sites for hydroxylation is 1. The topological polar surface area (TPSA) is 85.0 Å². The first-order valence-corrected chi connectivity index (χ1v) is 8.83. The Balaban J connectivity index is 1.53. The molecule has 7 nitrogen and oxygen atoms in total. The summed E-state index contributed by atoms with van der Waals surface area (Å²) in [7, 11) is 0. The van der Waals surface area contributed by atoms with Crippen molar-refractivity contribution in [3.05, 3.63) is 81.6 Å². The summed E-state index contributed by atoms with van der Waals surface area (Å²) in [6, 6.07) is 12.4. The van der Waals surface area contributed by atoms with E-state index in [9.17, 15) is 10.1 Å². The SMILES string of the molecule is Cc1ncc2c(n1)CCN(Cc1cccc(-c3cccc([N+](=O)[O-])c3)n1)C2. The molecule has 27 heavy (non-hydrogen) atoms. The molecule has 0 spiro atoms. The second-order valence-electron chi connectivity index (χ2n) is 6.67. The van der Waals surface area contributed by atoms with Crippen LogP contribution in [0.4, 0.5) is 5.69 Å². The summed E-state index contributed by atoms with van der Waals surface area (Å²) in [6.07, 6.45) is 2.82. The summed E-state index contributed by atoms with van der Waals surface area (Å²) >= 11 is 0. The van der Waals surface area contributed by atoms with Crippen LogP contribution in [-0.4, -0.2) is 31.3 Å². The van der Waals surface area contributed by atoms with E-state index in [4.69, 9.17) is 4.98 Å². The normalized spacial score (nSPS) is 14.0. The first-order chi connectivity index (χ1) is 13.1. The third-order valence-electron chi connectivity index (χ3n) is 4.68. The van der Waals surface area contributed by atoms with Gasteiger partial charge in [0.2, 0.25) is 0 Å². The molecule has 136 valence electrons. The van der Waals surface area contributed by atoms with Crippen molar-refractivity contribution in [1.29, 1.82) is 0 Å². The molecule has 1 aliphatic rings. The van der Waals surface area contributed by atoms with Gasteiger partial charge in [-0.2, -0.15) is 0 Å². The molecule has 1 aliphatic heterocycles. The predicted octanol–water partition coefficient (Wildman–Crippen LogP) is 3.31. The van der Waals surface area contributed by atoms with Crippen molar-refractivity contribution < 1.29 is 4.92 Å². The first kappa shape index (κ1) is 17.2. The molecule has 2 aromatic heterocycles. The summed E-state index contributed by atoms with van der Waals surface area (Å²) in [5.74, 6) is 0.813. The molecule has 0 aliphatic carbocycles. The highest BCUT2D eigenvalue weighted by molar-refractivity contribution is 5.62. The van der Waals surface area contributed by atoms with E-state index in [0.717, 1.165) is 54.5 Å². The van der Waals surface area contributed by atoms with E-state index < -0.39 is 0 Å². The molecule has 0 saturated carbocycles. The Morgan fingerprint density at radius 3 is 2.89 bits per heavy atom. The number of rotatable bonds is 4. The highest BCUT2D eigenvalue weighted by atomic mass is 16.6. The van der Waals surface area contributed by atoms with Gasteiger partial charge >= 0.3 is 0 Å². The van der Waals surface area contributed by atoms with Crippen molar-refractivity contribution in [3.63, 3.8) is 0 Å². The van der Waals surface area contributed by atoms with Gasteiger partial charge in [-0.3, -0.25) is 20.0 Å². The minimum absolute atomic E-state index is 0.0719. The van der Waals surface area contributed by atoms with Crippen molar-refractivity contribution in [2.24, 2.45) is 0 Å². The zero-order valence-electron chi connectivity index (χ0n) is 15.0. The van der Waals surface area contributed by atoms with Gasteiger partial charge < -0.3 is 0 Å². The standard InChI is InChI=1S/C20H19N5O2/c1-14-21-11-16-12-24(9-8-20(16)22-14)13-17-5-3-7-19(23-17)15-4-2-6-18(10-15)25(26)27/h2-7,10-11H,8-9,12-13H2,1H3. The fraction of sp³-hybridized carbons (Fsp3) is 0.250. The van der Waals surface area contributed by atoms with Crippen LogP contribution in [0.15, 0.2) is 48.7 Å². The number of benzene rings is 1. The van der Waals surface area contributed by atoms with Gasteiger partial charge in [-0.05, 0) is 19.1 Å². The van der Waals surface area contributed by atoms with Crippen LogP contribution in [0, 0.1) is 17.0 Å². The van der Waals surface area contributed by atoms with Crippen LogP contribution < -0.4 is 0 Å². The van der Waals surface area contributed by atoms with Crippen molar-refractivity contribution >= 4 is 5.69 Å². The van der Waals surface area contributed by atoms with Crippen molar-refractivity contribution in [3.8, 4) is 11.3 Å². The summed E-state index contributed by atoms with van der Waals surface area (Å²) < 4.78 is 0. The smallest absolute Gasteiger partial charge is 0.270 e. The molecule has 0 amide bonds. The number of nitro groups is 1. The molecule has 0 fully saturated rings. The predicted molar refractivity (Wildman–Crippen MR) is 101 cm³/mol. The number of non-ortho nitro benzene ring substituents is 1. The van der Waals surface area contributed by atoms with Crippen LogP contribution in [0.1, 0.15) is 22.8 Å². The minimum atomic E-state index is -0.387. The van der Waals surface area contributed by atoms with Crippen LogP contribution in [0.3, 0.4) is 0 Å². The second kappa shape index (κ2) is 7.20. The van der Waals surface area contributed by atoms with Gasteiger partial charge in [0.25, 0.3) is 5.69 Å². The number of hydrogen-bond acceptors (Lipinski definition) is 6. The maximum Gasteiger partial charge on any atom is 0.270 e. The summed E-state index contributed by atoms with van der Waals surface area (Å²) in [6.45, 7) is 4.36. The number of nitro benzene ring substituents is 1. The Morgan fingerprint density at radius 2 is 2.04 bits per heavy atom. The van der Waals surface area contributed by atoms with E-state index in [0.29, 0.717) is 0 Å². The third kappa shape index (κ3) is 3.83. The number of aromatic nitrogens is 3.